The molecule has 1 amide bonds. The molecule has 0 saturated heterocycles. The number of amides is 1. The van der Waals surface area contributed by atoms with E-state index in [0.717, 1.165) is 11.5 Å². The molecular formula is C12H13BrN4O2. The van der Waals surface area contributed by atoms with Crippen LogP contribution < -0.4 is 11.1 Å². The summed E-state index contributed by atoms with van der Waals surface area (Å²) in [6.45, 7) is 3.88. The van der Waals surface area contributed by atoms with E-state index in [4.69, 9.17) is 10.2 Å². The van der Waals surface area contributed by atoms with Crippen LogP contribution in [0.5, 0.6) is 0 Å². The van der Waals surface area contributed by atoms with E-state index in [-0.39, 0.29) is 18.3 Å². The second kappa shape index (κ2) is 5.40. The highest BCUT2D eigenvalue weighted by molar-refractivity contribution is 9.10. The number of oxazole rings is 1. The maximum Gasteiger partial charge on any atom is 0.255 e. The first-order chi connectivity index (χ1) is 8.97. The highest BCUT2D eigenvalue weighted by Gasteiger charge is 2.13. The van der Waals surface area contributed by atoms with Crippen LogP contribution in [-0.4, -0.2) is 15.9 Å². The second-order valence-electron chi connectivity index (χ2n) is 4.02. The van der Waals surface area contributed by atoms with Gasteiger partial charge in [-0.1, -0.05) is 0 Å². The van der Waals surface area contributed by atoms with Crippen molar-refractivity contribution in [1.29, 1.82) is 0 Å². The number of hydrogen-bond acceptors (Lipinski definition) is 5. The number of nitrogen functional groups attached to an aromatic ring is 1. The van der Waals surface area contributed by atoms with E-state index < -0.39 is 0 Å². The molecule has 3 N–H and O–H groups in total. The Morgan fingerprint density at radius 1 is 1.53 bits per heavy atom. The topological polar surface area (TPSA) is 94.0 Å². The van der Waals surface area contributed by atoms with Crippen molar-refractivity contribution in [2.45, 2.75) is 20.4 Å². The molecule has 0 unspecified atom stereocenters. The lowest BCUT2D eigenvalue weighted by Gasteiger charge is -2.05. The van der Waals surface area contributed by atoms with Gasteiger partial charge in [0.25, 0.3) is 5.91 Å². The largest absolute Gasteiger partial charge is 0.444 e. The summed E-state index contributed by atoms with van der Waals surface area (Å²) in [6, 6.07) is 1.61. The van der Waals surface area contributed by atoms with Crippen LogP contribution in [0.25, 0.3) is 0 Å². The standard InChI is InChI=1S/C12H13BrN4O2/c1-6-7(2)19-10(17-6)5-16-12(18)9-3-8(13)4-15-11(9)14/h3-4H,5H2,1-2H3,(H2,14,15)(H,16,18). The number of nitrogens with two attached hydrogens (primary N) is 1. The van der Waals surface area contributed by atoms with Crippen LogP contribution in [0, 0.1) is 13.8 Å². The van der Waals surface area contributed by atoms with Gasteiger partial charge in [-0.3, -0.25) is 4.79 Å². The van der Waals surface area contributed by atoms with E-state index in [2.05, 4.69) is 31.2 Å². The monoisotopic (exact) mass is 324 g/mol. The number of hydrogen-bond donors (Lipinski definition) is 2. The van der Waals surface area contributed by atoms with Gasteiger partial charge in [0.1, 0.15) is 11.6 Å². The smallest absolute Gasteiger partial charge is 0.255 e. The number of aryl methyl sites for hydroxylation is 2. The van der Waals surface area contributed by atoms with Crippen LogP contribution in [0.4, 0.5) is 5.82 Å². The summed E-state index contributed by atoms with van der Waals surface area (Å²) in [6.07, 6.45) is 1.53. The SMILES string of the molecule is Cc1nc(CNC(=O)c2cc(Br)cnc2N)oc1C. The van der Waals surface area contributed by atoms with Crippen LogP contribution in [0.2, 0.25) is 0 Å². The average molecular weight is 325 g/mol. The van der Waals surface area contributed by atoms with Crippen molar-refractivity contribution in [3.63, 3.8) is 0 Å². The molecule has 0 aromatic carbocycles. The number of anilines is 1. The molecule has 6 nitrogen and oxygen atoms in total. The van der Waals surface area contributed by atoms with Gasteiger partial charge in [-0.15, -0.1) is 0 Å². The molecule has 2 heterocycles. The Morgan fingerprint density at radius 2 is 2.26 bits per heavy atom. The quantitative estimate of drug-likeness (QED) is 0.900. The summed E-state index contributed by atoms with van der Waals surface area (Å²) < 4.78 is 6.06. The molecule has 2 aromatic heterocycles. The Balaban J connectivity index is 2.07. The molecule has 0 spiro atoms. The molecule has 0 aliphatic heterocycles. The highest BCUT2D eigenvalue weighted by Crippen LogP contribution is 2.15. The van der Waals surface area contributed by atoms with Gasteiger partial charge in [0, 0.05) is 10.7 Å². The third-order valence-corrected chi connectivity index (χ3v) is 3.04. The zero-order chi connectivity index (χ0) is 14.0. The first-order valence-corrected chi connectivity index (χ1v) is 6.39. The van der Waals surface area contributed by atoms with Crippen molar-refractivity contribution in [3.05, 3.63) is 39.6 Å². The van der Waals surface area contributed by atoms with E-state index in [1.54, 1.807) is 6.07 Å². The highest BCUT2D eigenvalue weighted by atomic mass is 79.9. The fourth-order valence-corrected chi connectivity index (χ4v) is 1.83. The maximum absolute atomic E-state index is 12.0. The molecule has 2 aromatic rings. The van der Waals surface area contributed by atoms with E-state index in [1.165, 1.54) is 6.20 Å². The van der Waals surface area contributed by atoms with Gasteiger partial charge in [-0.05, 0) is 35.8 Å². The number of carbonyl (C=O) groups excluding carboxylic acids is 1. The van der Waals surface area contributed by atoms with Crippen LogP contribution in [-0.2, 0) is 6.54 Å². The van der Waals surface area contributed by atoms with Gasteiger partial charge in [0.15, 0.2) is 0 Å². The van der Waals surface area contributed by atoms with Crippen molar-refractivity contribution in [2.24, 2.45) is 0 Å². The van der Waals surface area contributed by atoms with Crippen LogP contribution >= 0.6 is 15.9 Å². The lowest BCUT2D eigenvalue weighted by atomic mass is 10.2. The summed E-state index contributed by atoms with van der Waals surface area (Å²) in [5, 5.41) is 2.69. The third kappa shape index (κ3) is 3.11. The zero-order valence-corrected chi connectivity index (χ0v) is 12.1. The first kappa shape index (κ1) is 13.5. The number of aromatic nitrogens is 2. The average Bonchev–Trinajstić information content (AvgIpc) is 2.69. The minimum atomic E-state index is -0.320. The van der Waals surface area contributed by atoms with E-state index in [0.29, 0.717) is 15.9 Å². The van der Waals surface area contributed by atoms with Crippen molar-refractivity contribution < 1.29 is 9.21 Å². The van der Waals surface area contributed by atoms with Crippen molar-refractivity contribution >= 4 is 27.7 Å². The van der Waals surface area contributed by atoms with Crippen molar-refractivity contribution in [2.75, 3.05) is 5.73 Å². The lowest BCUT2D eigenvalue weighted by Crippen LogP contribution is -2.24. The van der Waals surface area contributed by atoms with Gasteiger partial charge in [0.2, 0.25) is 5.89 Å². The number of nitrogens with zero attached hydrogens (tertiary/aromatic N) is 2. The fraction of sp³-hybridized carbons (Fsp3) is 0.250. The molecule has 0 radical (unpaired) electrons. The molecule has 100 valence electrons. The predicted molar refractivity (Wildman–Crippen MR) is 73.5 cm³/mol. The second-order valence-corrected chi connectivity index (χ2v) is 4.93. The molecule has 0 atom stereocenters. The Labute approximate surface area is 118 Å². The molecule has 0 aliphatic carbocycles. The minimum absolute atomic E-state index is 0.181. The molecule has 0 saturated carbocycles. The Morgan fingerprint density at radius 3 is 2.89 bits per heavy atom. The number of halogens is 1. The molecule has 0 aliphatic rings. The summed E-state index contributed by atoms with van der Waals surface area (Å²) in [4.78, 5) is 20.0. The zero-order valence-electron chi connectivity index (χ0n) is 10.5. The maximum atomic E-state index is 12.0. The van der Waals surface area contributed by atoms with Crippen LogP contribution in [0.15, 0.2) is 21.2 Å². The van der Waals surface area contributed by atoms with E-state index in [1.807, 2.05) is 13.8 Å². The summed E-state index contributed by atoms with van der Waals surface area (Å²) >= 11 is 3.24. The molecule has 7 heteroatoms. The number of rotatable bonds is 3. The summed E-state index contributed by atoms with van der Waals surface area (Å²) in [5.74, 6) is 1.07. The van der Waals surface area contributed by atoms with E-state index >= 15 is 0 Å². The van der Waals surface area contributed by atoms with Gasteiger partial charge in [-0.2, -0.15) is 0 Å². The first-order valence-electron chi connectivity index (χ1n) is 5.59. The number of pyridine rings is 1. The van der Waals surface area contributed by atoms with Gasteiger partial charge >= 0.3 is 0 Å². The molecule has 0 bridgehead atoms. The van der Waals surface area contributed by atoms with Crippen LogP contribution in [0.1, 0.15) is 27.7 Å². The van der Waals surface area contributed by atoms with Gasteiger partial charge in [0.05, 0.1) is 17.8 Å². The number of carbonyl (C=O) groups is 1. The third-order valence-electron chi connectivity index (χ3n) is 2.60. The Bertz CT molecular complexity index is 605. The van der Waals surface area contributed by atoms with Crippen molar-refractivity contribution in [1.82, 2.24) is 15.3 Å². The fourth-order valence-electron chi connectivity index (χ4n) is 1.50. The molecule has 19 heavy (non-hydrogen) atoms. The lowest BCUT2D eigenvalue weighted by molar-refractivity contribution is 0.0947. The Hall–Kier alpha value is -1.89. The summed E-state index contributed by atoms with van der Waals surface area (Å²) in [5.41, 5.74) is 6.78. The van der Waals surface area contributed by atoms with Gasteiger partial charge < -0.3 is 15.5 Å². The molecule has 0 fully saturated rings. The molecular weight excluding hydrogens is 312 g/mol. The predicted octanol–water partition coefficient (Wildman–Crippen LogP) is 1.96. The van der Waals surface area contributed by atoms with Gasteiger partial charge in [-0.25, -0.2) is 9.97 Å². The summed E-state index contributed by atoms with van der Waals surface area (Å²) in [7, 11) is 0. The molecule has 2 rings (SSSR count). The normalized spacial score (nSPS) is 10.5. The minimum Gasteiger partial charge on any atom is -0.444 e. The van der Waals surface area contributed by atoms with Crippen molar-refractivity contribution in [3.8, 4) is 0 Å². The van der Waals surface area contributed by atoms with E-state index in [9.17, 15) is 4.79 Å². The Kier molecular flexibility index (Phi) is 3.84. The van der Waals surface area contributed by atoms with Crippen LogP contribution in [0.3, 0.4) is 0 Å². The number of nitrogens with one attached hydrogen (secondary N) is 1.